The summed E-state index contributed by atoms with van der Waals surface area (Å²) in [5, 5.41) is 17.4. The number of hydrogen-bond acceptors (Lipinski definition) is 11. The topological polar surface area (TPSA) is 211 Å². The Morgan fingerprint density at radius 2 is 1.25 bits per heavy atom. The van der Waals surface area contributed by atoms with E-state index in [9.17, 15) is 23.2 Å². The van der Waals surface area contributed by atoms with Crippen molar-refractivity contribution in [3.8, 4) is 35.1 Å². The van der Waals surface area contributed by atoms with Gasteiger partial charge in [0.1, 0.15) is 11.3 Å². The van der Waals surface area contributed by atoms with E-state index in [2.05, 4.69) is 56.4 Å². The van der Waals surface area contributed by atoms with Gasteiger partial charge in [0.2, 0.25) is 11.8 Å². The summed E-state index contributed by atoms with van der Waals surface area (Å²) >= 11 is 12.1. The minimum atomic E-state index is -0.901. The van der Waals surface area contributed by atoms with Crippen LogP contribution >= 0.6 is 23.2 Å². The van der Waals surface area contributed by atoms with Crippen LogP contribution in [0.4, 0.5) is 20.4 Å². The second-order valence-corrected chi connectivity index (χ2v) is 16.2. The number of nitrogens with zero attached hydrogens (tertiary/aromatic N) is 8. The first kappa shape index (κ1) is 44.6. The normalized spacial score (nSPS) is 16.3. The number of aromatic nitrogens is 8. The Balaban J connectivity index is 0.000000190. The van der Waals surface area contributed by atoms with Gasteiger partial charge in [0.15, 0.2) is 34.9 Å². The van der Waals surface area contributed by atoms with Crippen LogP contribution in [0.5, 0.6) is 0 Å². The van der Waals surface area contributed by atoms with Gasteiger partial charge in [-0.25, -0.2) is 38.7 Å². The number of halogens is 4. The molecule has 328 valence electrons. The summed E-state index contributed by atoms with van der Waals surface area (Å²) in [5.41, 5.74) is 2.63. The molecule has 8 heterocycles. The zero-order chi connectivity index (χ0) is 44.5. The number of hydrogen-bond donors (Lipinski definition) is 5. The molecule has 2 atom stereocenters. The second-order valence-electron chi connectivity index (χ2n) is 15.4. The lowest BCUT2D eigenvalue weighted by Gasteiger charge is -2.33. The number of fused-ring (bicyclic) bond motifs is 2. The number of carboxylic acids is 1. The van der Waals surface area contributed by atoms with E-state index < -0.39 is 17.6 Å². The number of aromatic amines is 2. The maximum absolute atomic E-state index is 14.4. The van der Waals surface area contributed by atoms with Crippen LogP contribution in [0.25, 0.3) is 44.8 Å². The molecule has 5 N–H and O–H groups in total. The highest BCUT2D eigenvalue weighted by molar-refractivity contribution is 6.31. The van der Waals surface area contributed by atoms with Gasteiger partial charge in [0.05, 0.1) is 28.9 Å². The monoisotopic (exact) mass is 900 g/mol. The van der Waals surface area contributed by atoms with E-state index >= 15 is 0 Å². The van der Waals surface area contributed by atoms with Crippen molar-refractivity contribution < 1.29 is 28.3 Å². The zero-order valence-corrected chi connectivity index (χ0v) is 35.5. The van der Waals surface area contributed by atoms with Crippen molar-refractivity contribution in [3.63, 3.8) is 0 Å². The highest BCUT2D eigenvalue weighted by atomic mass is 35.5. The Morgan fingerprint density at radius 3 is 1.73 bits per heavy atom. The van der Waals surface area contributed by atoms with Gasteiger partial charge in [-0.3, -0.25) is 14.4 Å². The second kappa shape index (κ2) is 20.6. The predicted octanol–water partition coefficient (Wildman–Crippen LogP) is 7.20. The molecule has 0 radical (unpaired) electrons. The molecule has 6 aromatic rings. The fraction of sp³-hybridized carbons (Fsp3) is 0.372. The Bertz CT molecular complexity index is 2650. The number of anilines is 2. The van der Waals surface area contributed by atoms with Crippen molar-refractivity contribution in [2.45, 2.75) is 51.4 Å². The van der Waals surface area contributed by atoms with Crippen molar-refractivity contribution in [2.24, 2.45) is 11.8 Å². The maximum Gasteiger partial charge on any atom is 0.303 e. The number of amides is 2. The molecule has 2 fully saturated rings. The number of H-pyrrole nitrogens is 2. The van der Waals surface area contributed by atoms with Crippen molar-refractivity contribution in [2.75, 3.05) is 49.9 Å². The van der Waals surface area contributed by atoms with E-state index in [0.717, 1.165) is 48.8 Å². The predicted molar refractivity (Wildman–Crippen MR) is 235 cm³/mol. The van der Waals surface area contributed by atoms with Crippen LogP contribution in [0.3, 0.4) is 0 Å². The summed E-state index contributed by atoms with van der Waals surface area (Å²) in [7, 11) is 0. The first-order valence-corrected chi connectivity index (χ1v) is 21.2. The molecule has 2 aliphatic rings. The molecule has 63 heavy (non-hydrogen) atoms. The Morgan fingerprint density at radius 1 is 0.762 bits per heavy atom. The van der Waals surface area contributed by atoms with Crippen LogP contribution < -0.4 is 10.6 Å². The standard InChI is InChI=1S/C22H24ClFN6O3.C21H20ClFN6O/c23-14-7-15-16(10-27-20(15)26-9-14)21-28-11-17(24)22(29-21)25-8-13-3-2-6-30(12-13)18(31)4-1-5-19(32)33;1-2-4-18(30)29-6-3-5-13(12-29)8-24-21-17(23)11-27-20(28-21)16-10-26-19-15(16)7-14(22)9-25-19/h7,9-11,13H,1-6,8,12H2,(H,26,27)(H,32,33)(H,25,28,29);1,7,9-11,13H,3-6,8,12H2,(H,25,26)(H,24,27,28). The Labute approximate surface area is 370 Å². The third-order valence-electron chi connectivity index (χ3n) is 10.9. The summed E-state index contributed by atoms with van der Waals surface area (Å²) < 4.78 is 28.7. The fourth-order valence-electron chi connectivity index (χ4n) is 7.71. The molecular weight excluding hydrogens is 857 g/mol. The molecule has 8 rings (SSSR count). The summed E-state index contributed by atoms with van der Waals surface area (Å²) in [6, 6.07) is 3.51. The van der Waals surface area contributed by atoms with Crippen LogP contribution in [0.1, 0.15) is 51.4 Å². The van der Waals surface area contributed by atoms with E-state index in [4.69, 9.17) is 34.7 Å². The number of carbonyl (C=O) groups is 3. The lowest BCUT2D eigenvalue weighted by atomic mass is 9.97. The Kier molecular flexibility index (Phi) is 14.6. The molecule has 0 bridgehead atoms. The molecule has 0 aliphatic carbocycles. The van der Waals surface area contributed by atoms with E-state index in [1.807, 2.05) is 0 Å². The number of likely N-dealkylation sites (tertiary alicyclic amines) is 2. The number of carboxylic acid groups (broad SMARTS) is 1. The minimum Gasteiger partial charge on any atom is -0.481 e. The zero-order valence-electron chi connectivity index (χ0n) is 34.0. The third kappa shape index (κ3) is 11.3. The Hall–Kier alpha value is -6.45. The van der Waals surface area contributed by atoms with Gasteiger partial charge in [-0.15, -0.1) is 6.42 Å². The van der Waals surface area contributed by atoms with Crippen molar-refractivity contribution in [1.29, 1.82) is 0 Å². The van der Waals surface area contributed by atoms with Crippen molar-refractivity contribution in [1.82, 2.24) is 49.7 Å². The number of pyridine rings is 2. The minimum absolute atomic E-state index is 0.0153. The number of carbonyl (C=O) groups excluding carboxylic acids is 2. The molecule has 16 nitrogen and oxygen atoms in total. The van der Waals surface area contributed by atoms with Gasteiger partial charge >= 0.3 is 5.97 Å². The summed E-state index contributed by atoms with van der Waals surface area (Å²) in [5.74, 6) is 1.56. The average Bonchev–Trinajstić information content (AvgIpc) is 3.90. The largest absolute Gasteiger partial charge is 0.481 e. The summed E-state index contributed by atoms with van der Waals surface area (Å²) in [6.07, 6.45) is 18.2. The average molecular weight is 902 g/mol. The highest BCUT2D eigenvalue weighted by Crippen LogP contribution is 2.30. The third-order valence-corrected chi connectivity index (χ3v) is 11.3. The summed E-state index contributed by atoms with van der Waals surface area (Å²) in [6.45, 7) is 3.46. The molecule has 2 amide bonds. The van der Waals surface area contributed by atoms with Gasteiger partial charge in [-0.05, 0) is 56.1 Å². The first-order valence-electron chi connectivity index (χ1n) is 20.4. The molecular formula is C43H44Cl2F2N12O4. The van der Waals surface area contributed by atoms with E-state index in [1.165, 1.54) is 6.20 Å². The van der Waals surface area contributed by atoms with E-state index in [0.29, 0.717) is 89.8 Å². The first-order chi connectivity index (χ1) is 30.4. The number of terminal acetylenes is 1. The van der Waals surface area contributed by atoms with Crippen molar-refractivity contribution >= 4 is 74.7 Å². The number of nitrogens with one attached hydrogen (secondary N) is 4. The smallest absolute Gasteiger partial charge is 0.303 e. The van der Waals surface area contributed by atoms with Crippen molar-refractivity contribution in [3.05, 3.63) is 71.0 Å². The molecule has 20 heteroatoms. The molecule has 2 aliphatic heterocycles. The molecule has 0 aromatic carbocycles. The highest BCUT2D eigenvalue weighted by Gasteiger charge is 2.26. The lowest BCUT2D eigenvalue weighted by molar-refractivity contribution is -0.137. The van der Waals surface area contributed by atoms with E-state index in [1.54, 1.807) is 40.5 Å². The molecule has 6 aromatic heterocycles. The van der Waals surface area contributed by atoms with Crippen LogP contribution in [-0.2, 0) is 14.4 Å². The molecule has 2 saturated heterocycles. The SMILES string of the molecule is C#CCC(=O)N1CCCC(CNc2nc(-c3c[nH]c4ncc(Cl)cc34)ncc2F)C1.O=C(O)CCCC(=O)N1CCCC(CNc2nc(-c3c[nH]c4ncc(Cl)cc34)ncc2F)C1. The maximum atomic E-state index is 14.4. The quantitative estimate of drug-likeness (QED) is 0.0729. The number of rotatable bonds is 13. The number of aliphatic carboxylic acids is 1. The van der Waals surface area contributed by atoms with Crippen LogP contribution in [-0.4, -0.2) is 112 Å². The van der Waals surface area contributed by atoms with Gasteiger partial charge in [-0.2, -0.15) is 0 Å². The van der Waals surface area contributed by atoms with Gasteiger partial charge in [0, 0.05) is 98.8 Å². The van der Waals surface area contributed by atoms with Gasteiger partial charge in [-0.1, -0.05) is 29.1 Å². The summed E-state index contributed by atoms with van der Waals surface area (Å²) in [4.78, 5) is 70.1. The molecule has 2 unspecified atom stereocenters. The molecule has 0 spiro atoms. The van der Waals surface area contributed by atoms with Crippen LogP contribution in [0.2, 0.25) is 10.0 Å². The lowest BCUT2D eigenvalue weighted by Crippen LogP contribution is -2.41. The van der Waals surface area contributed by atoms with Crippen LogP contribution in [0.15, 0.2) is 49.3 Å². The van der Waals surface area contributed by atoms with E-state index in [-0.39, 0.29) is 54.5 Å². The van der Waals surface area contributed by atoms with Gasteiger partial charge in [0.25, 0.3) is 0 Å². The molecule has 0 saturated carbocycles. The van der Waals surface area contributed by atoms with Gasteiger partial charge < -0.3 is 35.5 Å². The fourth-order valence-corrected chi connectivity index (χ4v) is 8.03. The van der Waals surface area contributed by atoms with Crippen LogP contribution in [0, 0.1) is 35.8 Å². The number of piperidine rings is 2.